The summed E-state index contributed by atoms with van der Waals surface area (Å²) in [5.74, 6) is 0. The van der Waals surface area contributed by atoms with Gasteiger partial charge in [-0.15, -0.1) is 11.6 Å². The zero-order chi connectivity index (χ0) is 12.6. The lowest BCUT2D eigenvalue weighted by molar-refractivity contribution is 0.119. The normalized spacial score (nSPS) is 11.6. The first-order valence-corrected chi connectivity index (χ1v) is 7.48. The van der Waals surface area contributed by atoms with Gasteiger partial charge in [0.15, 0.2) is 0 Å². The maximum atomic E-state index is 11.0. The summed E-state index contributed by atoms with van der Waals surface area (Å²) in [6, 6.07) is 9.82. The van der Waals surface area contributed by atoms with Gasteiger partial charge in [-0.3, -0.25) is 0 Å². The van der Waals surface area contributed by atoms with Crippen molar-refractivity contribution in [3.8, 4) is 0 Å². The highest BCUT2D eigenvalue weighted by Crippen LogP contribution is 2.00. The van der Waals surface area contributed by atoms with Crippen LogP contribution >= 0.6 is 11.6 Å². The lowest BCUT2D eigenvalue weighted by atomic mass is 10.2. The van der Waals surface area contributed by atoms with Crippen molar-refractivity contribution >= 4 is 21.6 Å². The van der Waals surface area contributed by atoms with Crippen LogP contribution in [-0.2, 0) is 21.4 Å². The molecule has 0 aromatic heterocycles. The highest BCUT2D eigenvalue weighted by Gasteiger charge is 2.05. The van der Waals surface area contributed by atoms with Gasteiger partial charge in [-0.2, -0.15) is 0 Å². The minimum Gasteiger partial charge on any atom is -0.377 e. The predicted molar refractivity (Wildman–Crippen MR) is 68.4 cm³/mol. The van der Waals surface area contributed by atoms with Crippen molar-refractivity contribution in [1.82, 2.24) is 4.72 Å². The highest BCUT2D eigenvalue weighted by molar-refractivity contribution is 7.90. The number of hydrogen-bond donors (Lipinski definition) is 1. The van der Waals surface area contributed by atoms with E-state index in [1.54, 1.807) is 0 Å². The Morgan fingerprint density at radius 3 is 2.59 bits per heavy atom. The quantitative estimate of drug-likeness (QED) is 0.581. The summed E-state index contributed by atoms with van der Waals surface area (Å²) < 4.78 is 29.7. The summed E-state index contributed by atoms with van der Waals surface area (Å²) in [5.41, 5.74) is 1.11. The van der Waals surface area contributed by atoms with Gasteiger partial charge in [-0.1, -0.05) is 30.3 Å². The molecule has 17 heavy (non-hydrogen) atoms. The maximum Gasteiger partial charge on any atom is 0.225 e. The molecule has 0 radical (unpaired) electrons. The van der Waals surface area contributed by atoms with Crippen LogP contribution in [0.5, 0.6) is 0 Å². The highest BCUT2D eigenvalue weighted by atomic mass is 35.5. The van der Waals surface area contributed by atoms with Crippen LogP contribution < -0.4 is 4.72 Å². The number of nitrogens with one attached hydrogen (secondary N) is 1. The van der Waals surface area contributed by atoms with Crippen LogP contribution in [0.2, 0.25) is 0 Å². The first-order valence-electron chi connectivity index (χ1n) is 5.29. The molecule has 0 fully saturated rings. The molecule has 0 spiro atoms. The van der Waals surface area contributed by atoms with E-state index in [-0.39, 0.29) is 0 Å². The molecule has 1 rings (SSSR count). The number of halogens is 1. The molecule has 0 aliphatic heterocycles. The summed E-state index contributed by atoms with van der Waals surface area (Å²) in [4.78, 5) is 0. The van der Waals surface area contributed by atoms with Crippen molar-refractivity contribution in [2.75, 3.05) is 18.4 Å². The van der Waals surface area contributed by atoms with Gasteiger partial charge < -0.3 is 4.74 Å². The van der Waals surface area contributed by atoms with Crippen LogP contribution in [0.4, 0.5) is 0 Å². The minimum absolute atomic E-state index is 0.351. The summed E-state index contributed by atoms with van der Waals surface area (Å²) in [5, 5.41) is -0.405. The van der Waals surface area contributed by atoms with Gasteiger partial charge in [0.1, 0.15) is 5.21 Å². The largest absolute Gasteiger partial charge is 0.377 e. The monoisotopic (exact) mass is 277 g/mol. The molecule has 0 amide bonds. The van der Waals surface area contributed by atoms with Crippen LogP contribution in [0.15, 0.2) is 30.3 Å². The molecule has 6 heteroatoms. The fourth-order valence-corrected chi connectivity index (χ4v) is 1.97. The topological polar surface area (TPSA) is 55.4 Å². The molecule has 96 valence electrons. The Kier molecular flexibility index (Phi) is 6.50. The summed E-state index contributed by atoms with van der Waals surface area (Å²) in [6.45, 7) is 1.41. The van der Waals surface area contributed by atoms with Gasteiger partial charge >= 0.3 is 0 Å². The Morgan fingerprint density at radius 1 is 1.24 bits per heavy atom. The van der Waals surface area contributed by atoms with Gasteiger partial charge in [0, 0.05) is 13.2 Å². The summed E-state index contributed by atoms with van der Waals surface area (Å²) >= 11 is 5.23. The fourth-order valence-electron chi connectivity index (χ4n) is 1.20. The molecule has 0 bridgehead atoms. The van der Waals surface area contributed by atoms with E-state index in [2.05, 4.69) is 4.72 Å². The number of alkyl halides is 1. The molecular weight excluding hydrogens is 262 g/mol. The smallest absolute Gasteiger partial charge is 0.225 e. The second-order valence-corrected chi connectivity index (χ2v) is 5.90. The van der Waals surface area contributed by atoms with E-state index in [0.29, 0.717) is 26.2 Å². The van der Waals surface area contributed by atoms with E-state index in [1.807, 2.05) is 30.3 Å². The van der Waals surface area contributed by atoms with Crippen LogP contribution in [0.25, 0.3) is 0 Å². The van der Waals surface area contributed by atoms with E-state index in [4.69, 9.17) is 16.3 Å². The molecule has 4 nitrogen and oxygen atoms in total. The van der Waals surface area contributed by atoms with Crippen molar-refractivity contribution in [2.45, 2.75) is 13.0 Å². The Morgan fingerprint density at radius 2 is 1.94 bits per heavy atom. The molecule has 0 atom stereocenters. The van der Waals surface area contributed by atoms with Crippen LogP contribution in [0.1, 0.15) is 12.0 Å². The van der Waals surface area contributed by atoms with Crippen molar-refractivity contribution in [3.63, 3.8) is 0 Å². The molecule has 1 N–H and O–H groups in total. The number of sulfonamides is 1. The lowest BCUT2D eigenvalue weighted by Gasteiger charge is -2.05. The molecule has 0 saturated heterocycles. The zero-order valence-electron chi connectivity index (χ0n) is 9.43. The number of rotatable bonds is 8. The van der Waals surface area contributed by atoms with Crippen molar-refractivity contribution in [3.05, 3.63) is 35.9 Å². The third-order valence-corrected chi connectivity index (χ3v) is 3.84. The lowest BCUT2D eigenvalue weighted by Crippen LogP contribution is -2.26. The average molecular weight is 278 g/mol. The van der Waals surface area contributed by atoms with E-state index in [1.165, 1.54) is 0 Å². The Balaban J connectivity index is 2.06. The molecule has 0 heterocycles. The van der Waals surface area contributed by atoms with Gasteiger partial charge in [-0.05, 0) is 12.0 Å². The minimum atomic E-state index is -3.30. The van der Waals surface area contributed by atoms with Gasteiger partial charge in [0.2, 0.25) is 10.0 Å². The third kappa shape index (κ3) is 6.63. The second-order valence-electron chi connectivity index (χ2n) is 3.51. The van der Waals surface area contributed by atoms with E-state index in [0.717, 1.165) is 5.56 Å². The molecule has 0 aliphatic rings. The number of hydrogen-bond acceptors (Lipinski definition) is 3. The van der Waals surface area contributed by atoms with E-state index >= 15 is 0 Å². The molecule has 0 aliphatic carbocycles. The first kappa shape index (κ1) is 14.4. The van der Waals surface area contributed by atoms with Crippen molar-refractivity contribution in [1.29, 1.82) is 0 Å². The van der Waals surface area contributed by atoms with Crippen LogP contribution in [-0.4, -0.2) is 26.8 Å². The zero-order valence-corrected chi connectivity index (χ0v) is 11.0. The fraction of sp³-hybridized carbons (Fsp3) is 0.455. The SMILES string of the molecule is O=S(=O)(CCl)NCCCOCc1ccccc1. The third-order valence-electron chi connectivity index (χ3n) is 2.04. The molecule has 1 aromatic carbocycles. The maximum absolute atomic E-state index is 11.0. The Bertz CT molecular complexity index is 408. The summed E-state index contributed by atoms with van der Waals surface area (Å²) in [6.07, 6.45) is 0.628. The Labute approximate surface area is 107 Å². The van der Waals surface area contributed by atoms with Gasteiger partial charge in [0.25, 0.3) is 0 Å². The van der Waals surface area contributed by atoms with Gasteiger partial charge in [0.05, 0.1) is 6.61 Å². The predicted octanol–water partition coefficient (Wildman–Crippen LogP) is 1.71. The molecular formula is C11H16ClNO3S. The molecule has 0 unspecified atom stereocenters. The Hall–Kier alpha value is -0.620. The van der Waals surface area contributed by atoms with Crippen molar-refractivity contribution < 1.29 is 13.2 Å². The standard InChI is InChI=1S/C11H16ClNO3S/c12-10-17(14,15)13-7-4-8-16-9-11-5-2-1-3-6-11/h1-3,5-6,13H,4,7-10H2. The first-order chi connectivity index (χ1) is 8.14. The van der Waals surface area contributed by atoms with Crippen molar-refractivity contribution in [2.24, 2.45) is 0 Å². The van der Waals surface area contributed by atoms with Crippen LogP contribution in [0.3, 0.4) is 0 Å². The van der Waals surface area contributed by atoms with E-state index in [9.17, 15) is 8.42 Å². The number of ether oxygens (including phenoxy) is 1. The molecule has 0 saturated carbocycles. The molecule has 1 aromatic rings. The van der Waals surface area contributed by atoms with E-state index < -0.39 is 15.2 Å². The average Bonchev–Trinajstić information content (AvgIpc) is 2.35. The van der Waals surface area contributed by atoms with Gasteiger partial charge in [-0.25, -0.2) is 13.1 Å². The summed E-state index contributed by atoms with van der Waals surface area (Å²) in [7, 11) is -3.30. The number of benzene rings is 1. The second kappa shape index (κ2) is 7.66. The van der Waals surface area contributed by atoms with Crippen LogP contribution in [0, 0.1) is 0 Å².